The largest absolute Gasteiger partial charge is 0.497 e. The molecule has 0 aliphatic heterocycles. The van der Waals surface area contributed by atoms with Crippen molar-refractivity contribution in [2.75, 3.05) is 20.3 Å². The standard InChI is InChI=1S/C16H24O5/c1-3-21-16(18)9-6-14(17)10-11-20-12-13-4-7-15(19-2)8-5-13/h4-5,7-8,14,17H,3,6,9-12H2,1-2H3/t14-/m0/s1. The zero-order chi connectivity index (χ0) is 15.5. The molecule has 1 N–H and O–H groups in total. The van der Waals surface area contributed by atoms with Crippen LogP contribution in [0, 0.1) is 0 Å². The van der Waals surface area contributed by atoms with Crippen molar-refractivity contribution in [3.8, 4) is 5.75 Å². The van der Waals surface area contributed by atoms with Crippen molar-refractivity contribution in [3.05, 3.63) is 29.8 Å². The Bertz CT molecular complexity index is 402. The Balaban J connectivity index is 2.11. The molecule has 0 unspecified atom stereocenters. The number of aliphatic hydroxyl groups is 1. The molecule has 0 aliphatic rings. The molecule has 0 heterocycles. The van der Waals surface area contributed by atoms with Crippen LogP contribution in [0.15, 0.2) is 24.3 Å². The van der Waals surface area contributed by atoms with Crippen LogP contribution in [0.3, 0.4) is 0 Å². The molecule has 1 aromatic rings. The molecule has 1 atom stereocenters. The molecule has 1 aromatic carbocycles. The molecule has 0 amide bonds. The van der Waals surface area contributed by atoms with E-state index in [0.29, 0.717) is 32.7 Å². The topological polar surface area (TPSA) is 65.0 Å². The van der Waals surface area contributed by atoms with E-state index in [1.54, 1.807) is 14.0 Å². The summed E-state index contributed by atoms with van der Waals surface area (Å²) in [4.78, 5) is 11.1. The van der Waals surface area contributed by atoms with Crippen molar-refractivity contribution >= 4 is 5.97 Å². The molecule has 0 spiro atoms. The minimum absolute atomic E-state index is 0.244. The first-order chi connectivity index (χ1) is 10.2. The average Bonchev–Trinajstić information content (AvgIpc) is 2.50. The molecular weight excluding hydrogens is 272 g/mol. The number of hydrogen-bond acceptors (Lipinski definition) is 5. The zero-order valence-corrected chi connectivity index (χ0v) is 12.7. The number of ether oxygens (including phenoxy) is 3. The monoisotopic (exact) mass is 296 g/mol. The van der Waals surface area contributed by atoms with Gasteiger partial charge in [0, 0.05) is 13.0 Å². The number of carbonyl (C=O) groups excluding carboxylic acids is 1. The molecule has 118 valence electrons. The lowest BCUT2D eigenvalue weighted by molar-refractivity contribution is -0.143. The quantitative estimate of drug-likeness (QED) is 0.530. The smallest absolute Gasteiger partial charge is 0.305 e. The van der Waals surface area contributed by atoms with E-state index in [1.165, 1.54) is 0 Å². The Morgan fingerprint density at radius 3 is 2.57 bits per heavy atom. The highest BCUT2D eigenvalue weighted by atomic mass is 16.5. The van der Waals surface area contributed by atoms with Gasteiger partial charge in [0.25, 0.3) is 0 Å². The molecule has 0 saturated heterocycles. The van der Waals surface area contributed by atoms with Gasteiger partial charge in [-0.25, -0.2) is 0 Å². The third-order valence-corrected chi connectivity index (χ3v) is 3.01. The van der Waals surface area contributed by atoms with Gasteiger partial charge >= 0.3 is 5.97 Å². The summed E-state index contributed by atoms with van der Waals surface area (Å²) < 4.78 is 15.4. The second-order valence-electron chi connectivity index (χ2n) is 4.69. The summed E-state index contributed by atoms with van der Waals surface area (Å²) in [6.45, 7) is 3.09. The summed E-state index contributed by atoms with van der Waals surface area (Å²) in [5.41, 5.74) is 1.05. The van der Waals surface area contributed by atoms with E-state index in [2.05, 4.69) is 0 Å². The zero-order valence-electron chi connectivity index (χ0n) is 12.7. The predicted molar refractivity (Wildman–Crippen MR) is 79.1 cm³/mol. The van der Waals surface area contributed by atoms with Gasteiger partial charge in [0.05, 0.1) is 26.4 Å². The van der Waals surface area contributed by atoms with Crippen LogP contribution in [0.1, 0.15) is 31.7 Å². The third kappa shape index (κ3) is 7.68. The highest BCUT2D eigenvalue weighted by Crippen LogP contribution is 2.12. The van der Waals surface area contributed by atoms with Gasteiger partial charge in [0.15, 0.2) is 0 Å². The predicted octanol–water partition coefficient (Wildman–Crippen LogP) is 2.31. The molecule has 0 saturated carbocycles. The maximum absolute atomic E-state index is 11.1. The van der Waals surface area contributed by atoms with Crippen LogP contribution < -0.4 is 4.74 Å². The summed E-state index contributed by atoms with van der Waals surface area (Å²) in [6.07, 6.45) is 0.624. The van der Waals surface area contributed by atoms with Crippen LogP contribution in [0.5, 0.6) is 5.75 Å². The molecule has 5 heteroatoms. The van der Waals surface area contributed by atoms with Crippen molar-refractivity contribution in [1.82, 2.24) is 0 Å². The fourth-order valence-corrected chi connectivity index (χ4v) is 1.79. The molecular formula is C16H24O5. The Kier molecular flexibility index (Phi) is 8.47. The summed E-state index contributed by atoms with van der Waals surface area (Å²) in [7, 11) is 1.63. The Labute approximate surface area is 125 Å². The van der Waals surface area contributed by atoms with E-state index >= 15 is 0 Å². The number of carbonyl (C=O) groups is 1. The van der Waals surface area contributed by atoms with Crippen molar-refractivity contribution in [1.29, 1.82) is 0 Å². The molecule has 1 rings (SSSR count). The maximum atomic E-state index is 11.1. The molecule has 0 aromatic heterocycles. The molecule has 21 heavy (non-hydrogen) atoms. The van der Waals surface area contributed by atoms with Gasteiger partial charge in [-0.15, -0.1) is 0 Å². The maximum Gasteiger partial charge on any atom is 0.305 e. The fourth-order valence-electron chi connectivity index (χ4n) is 1.79. The van der Waals surface area contributed by atoms with Gasteiger partial charge in [0.2, 0.25) is 0 Å². The Morgan fingerprint density at radius 2 is 1.95 bits per heavy atom. The van der Waals surface area contributed by atoms with E-state index in [4.69, 9.17) is 14.2 Å². The molecule has 0 aliphatic carbocycles. The number of benzene rings is 1. The van der Waals surface area contributed by atoms with Crippen molar-refractivity contribution in [2.24, 2.45) is 0 Å². The van der Waals surface area contributed by atoms with Crippen LogP contribution in [-0.2, 0) is 20.9 Å². The summed E-state index contributed by atoms with van der Waals surface area (Å²) in [6, 6.07) is 7.64. The van der Waals surface area contributed by atoms with E-state index in [9.17, 15) is 9.90 Å². The van der Waals surface area contributed by atoms with E-state index in [1.807, 2.05) is 24.3 Å². The number of rotatable bonds is 10. The lowest BCUT2D eigenvalue weighted by Crippen LogP contribution is -2.14. The van der Waals surface area contributed by atoms with Crippen LogP contribution in [0.2, 0.25) is 0 Å². The lowest BCUT2D eigenvalue weighted by atomic mass is 10.1. The molecule has 0 bridgehead atoms. The Hall–Kier alpha value is -1.59. The molecule has 0 radical (unpaired) electrons. The average molecular weight is 296 g/mol. The van der Waals surface area contributed by atoms with E-state index < -0.39 is 6.10 Å². The number of hydrogen-bond donors (Lipinski definition) is 1. The van der Waals surface area contributed by atoms with Crippen molar-refractivity contribution in [3.63, 3.8) is 0 Å². The summed E-state index contributed by atoms with van der Waals surface area (Å²) in [5, 5.41) is 9.73. The minimum Gasteiger partial charge on any atom is -0.497 e. The second kappa shape index (κ2) is 10.2. The lowest BCUT2D eigenvalue weighted by Gasteiger charge is -2.10. The first-order valence-corrected chi connectivity index (χ1v) is 7.20. The van der Waals surface area contributed by atoms with Crippen LogP contribution >= 0.6 is 0 Å². The first kappa shape index (κ1) is 17.5. The normalized spacial score (nSPS) is 12.0. The SMILES string of the molecule is CCOC(=O)CC[C@H](O)CCOCc1ccc(OC)cc1. The molecule has 0 fully saturated rings. The minimum atomic E-state index is -0.537. The highest BCUT2D eigenvalue weighted by Gasteiger charge is 2.08. The van der Waals surface area contributed by atoms with Gasteiger partial charge in [-0.1, -0.05) is 12.1 Å². The fraction of sp³-hybridized carbons (Fsp3) is 0.562. The van der Waals surface area contributed by atoms with E-state index in [0.717, 1.165) is 11.3 Å². The van der Waals surface area contributed by atoms with Crippen LogP contribution in [0.4, 0.5) is 0 Å². The summed E-state index contributed by atoms with van der Waals surface area (Å²) in [5.74, 6) is 0.545. The number of methoxy groups -OCH3 is 1. The van der Waals surface area contributed by atoms with Gasteiger partial charge in [0.1, 0.15) is 5.75 Å². The number of esters is 1. The Morgan fingerprint density at radius 1 is 1.24 bits per heavy atom. The van der Waals surface area contributed by atoms with Gasteiger partial charge in [-0.2, -0.15) is 0 Å². The highest BCUT2D eigenvalue weighted by molar-refractivity contribution is 5.69. The van der Waals surface area contributed by atoms with Gasteiger partial charge < -0.3 is 19.3 Å². The number of aliphatic hydroxyl groups excluding tert-OH is 1. The second-order valence-corrected chi connectivity index (χ2v) is 4.69. The van der Waals surface area contributed by atoms with Gasteiger partial charge in [-0.05, 0) is 37.5 Å². The summed E-state index contributed by atoms with van der Waals surface area (Å²) >= 11 is 0. The van der Waals surface area contributed by atoms with Crippen molar-refractivity contribution < 1.29 is 24.1 Å². The van der Waals surface area contributed by atoms with Gasteiger partial charge in [-0.3, -0.25) is 4.79 Å². The van der Waals surface area contributed by atoms with Crippen LogP contribution in [0.25, 0.3) is 0 Å². The first-order valence-electron chi connectivity index (χ1n) is 7.20. The molecule has 5 nitrogen and oxygen atoms in total. The van der Waals surface area contributed by atoms with Crippen molar-refractivity contribution in [2.45, 2.75) is 38.9 Å². The van der Waals surface area contributed by atoms with E-state index in [-0.39, 0.29) is 12.4 Å². The third-order valence-electron chi connectivity index (χ3n) is 3.01. The van der Waals surface area contributed by atoms with Crippen LogP contribution in [-0.4, -0.2) is 37.5 Å².